The van der Waals surface area contributed by atoms with E-state index in [0.717, 1.165) is 16.9 Å². The molecule has 0 spiro atoms. The predicted octanol–water partition coefficient (Wildman–Crippen LogP) is 3.68. The van der Waals surface area contributed by atoms with Crippen LogP contribution in [0.3, 0.4) is 0 Å². The van der Waals surface area contributed by atoms with E-state index in [9.17, 15) is 12.8 Å². The van der Waals surface area contributed by atoms with Crippen LogP contribution in [0, 0.1) is 5.82 Å². The first-order chi connectivity index (χ1) is 11.1. The first kappa shape index (κ1) is 15.6. The number of hydrogen-bond acceptors (Lipinski definition) is 4. The van der Waals surface area contributed by atoms with Gasteiger partial charge in [-0.25, -0.2) is 12.8 Å². The Kier molecular flexibility index (Phi) is 4.40. The molecule has 2 aromatic heterocycles. The Hall–Kier alpha value is -2.25. The number of hydrogen-bond donors (Lipinski definition) is 0. The number of pyridine rings is 1. The van der Waals surface area contributed by atoms with Crippen LogP contribution < -0.4 is 4.31 Å². The molecule has 0 unspecified atom stereocenters. The predicted molar refractivity (Wildman–Crippen MR) is 88.3 cm³/mol. The van der Waals surface area contributed by atoms with E-state index in [0.29, 0.717) is 5.69 Å². The van der Waals surface area contributed by atoms with Gasteiger partial charge in [-0.1, -0.05) is 12.1 Å². The molecular formula is C16H13FN2O2S2. The third kappa shape index (κ3) is 3.40. The number of halogens is 1. The van der Waals surface area contributed by atoms with E-state index < -0.39 is 15.8 Å². The summed E-state index contributed by atoms with van der Waals surface area (Å²) in [5.41, 5.74) is 1.15. The summed E-state index contributed by atoms with van der Waals surface area (Å²) in [6, 6.07) is 12.2. The Labute approximate surface area is 137 Å². The van der Waals surface area contributed by atoms with Crippen molar-refractivity contribution in [3.8, 4) is 0 Å². The molecule has 0 aliphatic rings. The molecule has 0 amide bonds. The maximum atomic E-state index is 13.2. The normalized spacial score (nSPS) is 11.3. The van der Waals surface area contributed by atoms with E-state index in [2.05, 4.69) is 4.98 Å². The van der Waals surface area contributed by atoms with Gasteiger partial charge in [0, 0.05) is 12.4 Å². The van der Waals surface area contributed by atoms with E-state index in [1.165, 1.54) is 28.6 Å². The smallest absolute Gasteiger partial charge is 0.264 e. The molecule has 0 N–H and O–H groups in total. The van der Waals surface area contributed by atoms with Crippen molar-refractivity contribution in [3.05, 3.63) is 77.7 Å². The van der Waals surface area contributed by atoms with Crippen LogP contribution in [0.4, 0.5) is 10.1 Å². The quantitative estimate of drug-likeness (QED) is 0.707. The van der Waals surface area contributed by atoms with Crippen LogP contribution in [0.15, 0.2) is 70.5 Å². The molecule has 0 saturated heterocycles. The van der Waals surface area contributed by atoms with Crippen molar-refractivity contribution in [2.24, 2.45) is 0 Å². The largest absolute Gasteiger partial charge is 0.274 e. The van der Waals surface area contributed by atoms with Gasteiger partial charge in [0.1, 0.15) is 10.0 Å². The van der Waals surface area contributed by atoms with Crippen LogP contribution in [-0.2, 0) is 16.6 Å². The monoisotopic (exact) mass is 348 g/mol. The molecule has 0 atom stereocenters. The zero-order chi connectivity index (χ0) is 16.3. The summed E-state index contributed by atoms with van der Waals surface area (Å²) in [6.07, 6.45) is 3.24. The number of thiophene rings is 1. The molecular weight excluding hydrogens is 335 g/mol. The molecule has 0 aliphatic heterocycles. The molecule has 0 bridgehead atoms. The number of anilines is 1. The Morgan fingerprint density at radius 3 is 2.48 bits per heavy atom. The number of sulfonamides is 1. The lowest BCUT2D eigenvalue weighted by Gasteiger charge is -2.23. The van der Waals surface area contributed by atoms with Gasteiger partial charge in [0.15, 0.2) is 0 Å². The standard InChI is InChI=1S/C16H13FN2O2S2/c17-14-5-7-15(8-6-14)19(12-13-3-1-9-18-11-13)23(20,21)16-4-2-10-22-16/h1-11H,12H2. The molecule has 0 fully saturated rings. The van der Waals surface area contributed by atoms with Crippen molar-refractivity contribution in [3.63, 3.8) is 0 Å². The van der Waals surface area contributed by atoms with Gasteiger partial charge in [-0.15, -0.1) is 11.3 Å². The van der Waals surface area contributed by atoms with E-state index in [-0.39, 0.29) is 10.8 Å². The fourth-order valence-electron chi connectivity index (χ4n) is 2.10. The van der Waals surface area contributed by atoms with Crippen molar-refractivity contribution in [1.29, 1.82) is 0 Å². The van der Waals surface area contributed by atoms with Gasteiger partial charge >= 0.3 is 0 Å². The minimum absolute atomic E-state index is 0.125. The first-order valence-corrected chi connectivity index (χ1v) is 9.10. The highest BCUT2D eigenvalue weighted by atomic mass is 32.2. The maximum absolute atomic E-state index is 13.2. The van der Waals surface area contributed by atoms with E-state index >= 15 is 0 Å². The molecule has 0 aliphatic carbocycles. The average Bonchev–Trinajstić information content (AvgIpc) is 3.10. The first-order valence-electron chi connectivity index (χ1n) is 6.78. The zero-order valence-electron chi connectivity index (χ0n) is 12.0. The van der Waals surface area contributed by atoms with Gasteiger partial charge in [-0.3, -0.25) is 9.29 Å². The SMILES string of the molecule is O=S(=O)(c1cccs1)N(Cc1cccnc1)c1ccc(F)cc1. The molecule has 0 radical (unpaired) electrons. The number of rotatable bonds is 5. The van der Waals surface area contributed by atoms with Crippen LogP contribution >= 0.6 is 11.3 Å². The number of aromatic nitrogens is 1. The second-order valence-electron chi connectivity index (χ2n) is 4.78. The minimum Gasteiger partial charge on any atom is -0.264 e. The molecule has 0 saturated carbocycles. The lowest BCUT2D eigenvalue weighted by molar-refractivity contribution is 0.592. The van der Waals surface area contributed by atoms with Crippen molar-refractivity contribution >= 4 is 27.0 Å². The number of benzene rings is 1. The summed E-state index contributed by atoms with van der Waals surface area (Å²) in [5, 5.41) is 1.71. The summed E-state index contributed by atoms with van der Waals surface area (Å²) >= 11 is 1.15. The third-order valence-electron chi connectivity index (χ3n) is 3.20. The second-order valence-corrected chi connectivity index (χ2v) is 7.82. The molecule has 4 nitrogen and oxygen atoms in total. The molecule has 7 heteroatoms. The number of nitrogens with zero attached hydrogens (tertiary/aromatic N) is 2. The lowest BCUT2D eigenvalue weighted by atomic mass is 10.2. The van der Waals surface area contributed by atoms with Crippen molar-refractivity contribution in [2.45, 2.75) is 10.8 Å². The fourth-order valence-corrected chi connectivity index (χ4v) is 4.66. The Balaban J connectivity index is 2.05. The van der Waals surface area contributed by atoms with Crippen molar-refractivity contribution < 1.29 is 12.8 Å². The van der Waals surface area contributed by atoms with E-state index in [1.54, 1.807) is 42.0 Å². The van der Waals surface area contributed by atoms with Crippen LogP contribution in [0.5, 0.6) is 0 Å². The van der Waals surface area contributed by atoms with Gasteiger partial charge in [-0.05, 0) is 47.3 Å². The Morgan fingerprint density at radius 2 is 1.87 bits per heavy atom. The van der Waals surface area contributed by atoms with Crippen LogP contribution in [-0.4, -0.2) is 13.4 Å². The Bertz CT molecular complexity index is 864. The molecule has 1 aromatic carbocycles. The van der Waals surface area contributed by atoms with Gasteiger partial charge in [0.05, 0.1) is 12.2 Å². The molecule has 118 valence electrons. The van der Waals surface area contributed by atoms with Gasteiger partial charge in [0.2, 0.25) is 0 Å². The topological polar surface area (TPSA) is 50.3 Å². The van der Waals surface area contributed by atoms with Gasteiger partial charge in [0.25, 0.3) is 10.0 Å². The fraction of sp³-hybridized carbons (Fsp3) is 0.0625. The van der Waals surface area contributed by atoms with E-state index in [1.807, 2.05) is 0 Å². The second kappa shape index (κ2) is 6.47. The highest BCUT2D eigenvalue weighted by Crippen LogP contribution is 2.28. The zero-order valence-corrected chi connectivity index (χ0v) is 13.6. The summed E-state index contributed by atoms with van der Waals surface area (Å²) < 4.78 is 40.5. The van der Waals surface area contributed by atoms with Crippen molar-refractivity contribution in [1.82, 2.24) is 4.98 Å². The van der Waals surface area contributed by atoms with Gasteiger partial charge in [-0.2, -0.15) is 0 Å². The summed E-state index contributed by atoms with van der Waals surface area (Å²) in [5.74, 6) is -0.413. The Morgan fingerprint density at radius 1 is 1.09 bits per heavy atom. The lowest BCUT2D eigenvalue weighted by Crippen LogP contribution is -2.30. The van der Waals surface area contributed by atoms with E-state index in [4.69, 9.17) is 0 Å². The molecule has 2 heterocycles. The van der Waals surface area contributed by atoms with Crippen molar-refractivity contribution in [2.75, 3.05) is 4.31 Å². The van der Waals surface area contributed by atoms with Crippen LogP contribution in [0.1, 0.15) is 5.56 Å². The molecule has 3 aromatic rings. The molecule has 3 rings (SSSR count). The van der Waals surface area contributed by atoms with Crippen LogP contribution in [0.2, 0.25) is 0 Å². The van der Waals surface area contributed by atoms with Crippen LogP contribution in [0.25, 0.3) is 0 Å². The highest BCUT2D eigenvalue weighted by Gasteiger charge is 2.26. The third-order valence-corrected chi connectivity index (χ3v) is 6.35. The average molecular weight is 348 g/mol. The summed E-state index contributed by atoms with van der Waals surface area (Å²) in [6.45, 7) is 0.125. The summed E-state index contributed by atoms with van der Waals surface area (Å²) in [7, 11) is -3.72. The highest BCUT2D eigenvalue weighted by molar-refractivity contribution is 7.94. The molecule has 23 heavy (non-hydrogen) atoms. The summed E-state index contributed by atoms with van der Waals surface area (Å²) in [4.78, 5) is 4.01. The maximum Gasteiger partial charge on any atom is 0.274 e. The van der Waals surface area contributed by atoms with Gasteiger partial charge < -0.3 is 0 Å². The minimum atomic E-state index is -3.72.